The fourth-order valence-corrected chi connectivity index (χ4v) is 3.01. The van der Waals surface area contributed by atoms with Crippen molar-refractivity contribution in [3.8, 4) is 29.3 Å². The van der Waals surface area contributed by atoms with Gasteiger partial charge in [0.05, 0.1) is 24.5 Å². The van der Waals surface area contributed by atoms with Gasteiger partial charge in [0, 0.05) is 23.2 Å². The minimum absolute atomic E-state index is 0.176. The molecule has 1 heterocycles. The molecule has 0 radical (unpaired) electrons. The third kappa shape index (κ3) is 4.53. The van der Waals surface area contributed by atoms with Crippen LogP contribution in [-0.2, 0) is 4.74 Å². The molecule has 0 aliphatic rings. The number of carbonyl (C=O) groups is 2. The number of amides is 1. The molecule has 7 heteroatoms. The molecule has 0 N–H and O–H groups in total. The fraction of sp³-hybridized carbons (Fsp3) is 0.174. The van der Waals surface area contributed by atoms with Crippen molar-refractivity contribution in [2.24, 2.45) is 0 Å². The van der Waals surface area contributed by atoms with Crippen molar-refractivity contribution >= 4 is 23.5 Å². The van der Waals surface area contributed by atoms with Gasteiger partial charge in [0.25, 0.3) is 5.91 Å². The number of hydrogen-bond acceptors (Lipinski definition) is 4. The van der Waals surface area contributed by atoms with Crippen LogP contribution >= 0.6 is 11.6 Å². The summed E-state index contributed by atoms with van der Waals surface area (Å²) >= 11 is 6.00. The number of aromatic nitrogens is 2. The van der Waals surface area contributed by atoms with Gasteiger partial charge in [0.15, 0.2) is 5.69 Å². The molecular weight excluding hydrogens is 402 g/mol. The van der Waals surface area contributed by atoms with Gasteiger partial charge >= 0.3 is 5.97 Å². The molecule has 3 aromatic rings. The molecule has 3 rings (SSSR count). The summed E-state index contributed by atoms with van der Waals surface area (Å²) in [6, 6.07) is 15.8. The molecule has 0 bridgehead atoms. The first-order valence-electron chi connectivity index (χ1n) is 9.27. The molecule has 6 nitrogen and oxygen atoms in total. The maximum atomic E-state index is 12.4. The predicted octanol–water partition coefficient (Wildman–Crippen LogP) is 4.07. The van der Waals surface area contributed by atoms with Crippen molar-refractivity contribution in [1.82, 2.24) is 14.7 Å². The quantitative estimate of drug-likeness (QED) is 0.444. The molecule has 1 amide bonds. The minimum atomic E-state index is -0.505. The van der Waals surface area contributed by atoms with Gasteiger partial charge in [-0.15, -0.1) is 6.42 Å². The van der Waals surface area contributed by atoms with Gasteiger partial charge in [-0.05, 0) is 49.4 Å². The topological polar surface area (TPSA) is 64.4 Å². The van der Waals surface area contributed by atoms with Gasteiger partial charge in [-0.1, -0.05) is 29.7 Å². The third-order valence-corrected chi connectivity index (χ3v) is 4.62. The molecular formula is C23H20ClN3O3. The molecule has 152 valence electrons. The Bertz CT molecular complexity index is 1100. The highest BCUT2D eigenvalue weighted by Crippen LogP contribution is 2.26. The second-order valence-corrected chi connectivity index (χ2v) is 6.90. The summed E-state index contributed by atoms with van der Waals surface area (Å²) in [5.41, 5.74) is 2.90. The van der Waals surface area contributed by atoms with Crippen molar-refractivity contribution in [3.63, 3.8) is 0 Å². The summed E-state index contributed by atoms with van der Waals surface area (Å²) < 4.78 is 6.72. The van der Waals surface area contributed by atoms with E-state index in [4.69, 9.17) is 22.8 Å². The van der Waals surface area contributed by atoms with Crippen molar-refractivity contribution in [1.29, 1.82) is 0 Å². The van der Waals surface area contributed by atoms with Crippen LogP contribution in [0, 0.1) is 12.3 Å². The Morgan fingerprint density at radius 1 is 1.17 bits per heavy atom. The van der Waals surface area contributed by atoms with Crippen LogP contribution in [0.3, 0.4) is 0 Å². The Hall–Kier alpha value is -3.56. The zero-order valence-electron chi connectivity index (χ0n) is 16.6. The zero-order chi connectivity index (χ0) is 21.7. The highest BCUT2D eigenvalue weighted by atomic mass is 35.5. The molecule has 1 aromatic heterocycles. The average Bonchev–Trinajstić information content (AvgIpc) is 3.20. The summed E-state index contributed by atoms with van der Waals surface area (Å²) in [6.45, 7) is 2.22. The minimum Gasteiger partial charge on any atom is -0.461 e. The van der Waals surface area contributed by atoms with Gasteiger partial charge in [0.2, 0.25) is 0 Å². The van der Waals surface area contributed by atoms with E-state index in [2.05, 4.69) is 11.0 Å². The number of ether oxygens (including phenoxy) is 1. The molecule has 0 atom stereocenters. The number of hydrogen-bond donors (Lipinski definition) is 0. The lowest BCUT2D eigenvalue weighted by Gasteiger charge is -2.14. The monoisotopic (exact) mass is 421 g/mol. The van der Waals surface area contributed by atoms with Crippen LogP contribution in [0.1, 0.15) is 27.8 Å². The lowest BCUT2D eigenvalue weighted by Crippen LogP contribution is -2.26. The number of terminal acetylenes is 1. The Kier molecular flexibility index (Phi) is 6.55. The Morgan fingerprint density at radius 3 is 2.43 bits per heavy atom. The fourth-order valence-electron chi connectivity index (χ4n) is 2.88. The van der Waals surface area contributed by atoms with Crippen molar-refractivity contribution in [3.05, 3.63) is 70.9 Å². The van der Waals surface area contributed by atoms with Crippen LogP contribution in [0.4, 0.5) is 0 Å². The first-order chi connectivity index (χ1) is 14.4. The number of esters is 1. The number of nitrogens with zero attached hydrogens (tertiary/aromatic N) is 3. The molecule has 2 aromatic carbocycles. The summed E-state index contributed by atoms with van der Waals surface area (Å²) in [7, 11) is 1.65. The highest BCUT2D eigenvalue weighted by Gasteiger charge is 2.18. The van der Waals surface area contributed by atoms with E-state index in [0.29, 0.717) is 22.0 Å². The Labute approximate surface area is 180 Å². The number of carbonyl (C=O) groups excluding carboxylic acids is 2. The SMILES string of the molecule is C#CCN(C)C(=O)c1ccc(-n2nc(C(=O)OCC)cc2-c2ccc(Cl)cc2)cc1. The first-order valence-corrected chi connectivity index (χ1v) is 9.65. The van der Waals surface area contributed by atoms with E-state index < -0.39 is 5.97 Å². The number of halogens is 1. The molecule has 0 aliphatic carbocycles. The molecule has 0 unspecified atom stereocenters. The second kappa shape index (κ2) is 9.29. The molecule has 0 aliphatic heterocycles. The van der Waals surface area contributed by atoms with E-state index in [1.165, 1.54) is 4.90 Å². The maximum Gasteiger partial charge on any atom is 0.358 e. The zero-order valence-corrected chi connectivity index (χ0v) is 17.4. The van der Waals surface area contributed by atoms with Gasteiger partial charge in [-0.3, -0.25) is 4.79 Å². The molecule has 0 fully saturated rings. The smallest absolute Gasteiger partial charge is 0.358 e. The normalized spacial score (nSPS) is 10.3. The second-order valence-electron chi connectivity index (χ2n) is 6.47. The van der Waals surface area contributed by atoms with Crippen LogP contribution in [0.25, 0.3) is 16.9 Å². The van der Waals surface area contributed by atoms with E-state index in [0.717, 1.165) is 5.56 Å². The van der Waals surface area contributed by atoms with Crippen molar-refractivity contribution in [2.75, 3.05) is 20.2 Å². The third-order valence-electron chi connectivity index (χ3n) is 4.37. The number of rotatable bonds is 6. The largest absolute Gasteiger partial charge is 0.461 e. The summed E-state index contributed by atoms with van der Waals surface area (Å²) in [5, 5.41) is 5.03. The Morgan fingerprint density at radius 2 is 1.83 bits per heavy atom. The predicted molar refractivity (Wildman–Crippen MR) is 116 cm³/mol. The van der Waals surface area contributed by atoms with E-state index in [9.17, 15) is 9.59 Å². The summed E-state index contributed by atoms with van der Waals surface area (Å²) in [5.74, 6) is 1.77. The lowest BCUT2D eigenvalue weighted by molar-refractivity contribution is 0.0518. The standard InChI is InChI=1S/C23H20ClN3O3/c1-4-14-26(3)22(28)17-8-12-19(13-9-17)27-21(16-6-10-18(24)11-7-16)15-20(25-27)23(29)30-5-2/h1,6-13,15H,5,14H2,2-3H3. The van der Waals surface area contributed by atoms with Gasteiger partial charge in [-0.2, -0.15) is 5.10 Å². The molecule has 0 saturated carbocycles. The number of benzene rings is 2. The Balaban J connectivity index is 2.01. The van der Waals surface area contributed by atoms with Crippen molar-refractivity contribution in [2.45, 2.75) is 6.92 Å². The van der Waals surface area contributed by atoms with Crippen molar-refractivity contribution < 1.29 is 14.3 Å². The molecule has 0 spiro atoms. The van der Waals surface area contributed by atoms with E-state index in [1.807, 2.05) is 12.1 Å². The van der Waals surface area contributed by atoms with E-state index in [1.54, 1.807) is 61.1 Å². The molecule has 0 saturated heterocycles. The summed E-state index contributed by atoms with van der Waals surface area (Å²) in [4.78, 5) is 26.1. The maximum absolute atomic E-state index is 12.4. The molecule has 30 heavy (non-hydrogen) atoms. The van der Waals surface area contributed by atoms with Crippen LogP contribution in [0.2, 0.25) is 5.02 Å². The van der Waals surface area contributed by atoms with Gasteiger partial charge in [0.1, 0.15) is 0 Å². The summed E-state index contributed by atoms with van der Waals surface area (Å²) in [6.07, 6.45) is 5.27. The van der Waals surface area contributed by atoms with Crippen LogP contribution < -0.4 is 0 Å². The van der Waals surface area contributed by atoms with E-state index in [-0.39, 0.29) is 24.8 Å². The lowest BCUT2D eigenvalue weighted by atomic mass is 10.1. The van der Waals surface area contributed by atoms with Gasteiger partial charge in [-0.25, -0.2) is 9.48 Å². The first kappa shape index (κ1) is 21.2. The van der Waals surface area contributed by atoms with E-state index >= 15 is 0 Å². The van der Waals surface area contributed by atoms with Gasteiger partial charge < -0.3 is 9.64 Å². The van der Waals surface area contributed by atoms with Crippen LogP contribution in [-0.4, -0.2) is 46.8 Å². The highest BCUT2D eigenvalue weighted by molar-refractivity contribution is 6.30. The van der Waals surface area contributed by atoms with Crippen LogP contribution in [0.5, 0.6) is 0 Å². The van der Waals surface area contributed by atoms with Crippen LogP contribution in [0.15, 0.2) is 54.6 Å². The average molecular weight is 422 g/mol.